The van der Waals surface area contributed by atoms with Gasteiger partial charge in [-0.1, -0.05) is 12.0 Å². The lowest BCUT2D eigenvalue weighted by Gasteiger charge is -2.22. The number of anilines is 1. The summed E-state index contributed by atoms with van der Waals surface area (Å²) in [4.78, 5) is 17.2. The summed E-state index contributed by atoms with van der Waals surface area (Å²) in [6, 6.07) is 6.77. The van der Waals surface area contributed by atoms with Gasteiger partial charge in [0.15, 0.2) is 5.69 Å². The Bertz CT molecular complexity index is 705. The van der Waals surface area contributed by atoms with Crippen molar-refractivity contribution in [3.8, 4) is 12.3 Å². The zero-order valence-corrected chi connectivity index (χ0v) is 12.8. The molecule has 23 heavy (non-hydrogen) atoms. The van der Waals surface area contributed by atoms with Crippen molar-refractivity contribution < 1.29 is 14.6 Å². The van der Waals surface area contributed by atoms with Crippen molar-refractivity contribution >= 4 is 11.8 Å². The fraction of sp³-hybridized carbons (Fsp3) is 0.312. The van der Waals surface area contributed by atoms with Crippen molar-refractivity contribution in [2.24, 2.45) is 0 Å². The highest BCUT2D eigenvalue weighted by Crippen LogP contribution is 2.14. The minimum atomic E-state index is -1.06. The first kappa shape index (κ1) is 16.5. The van der Waals surface area contributed by atoms with Gasteiger partial charge in [0.1, 0.15) is 12.4 Å². The van der Waals surface area contributed by atoms with E-state index in [0.717, 1.165) is 5.69 Å². The average molecular weight is 314 g/mol. The standard InChI is InChI=1S/C16H18N4O3/c1-3-8-20-9-7-13(18-20)12-19(10-11-23-2)15-6-4-5-14(17-15)16(21)22/h1,4-7,9H,8,10-12H2,2H3,(H,21,22). The number of aromatic carboxylic acids is 1. The number of methoxy groups -OCH3 is 1. The molecule has 0 radical (unpaired) electrons. The zero-order valence-electron chi connectivity index (χ0n) is 12.8. The highest BCUT2D eigenvalue weighted by molar-refractivity contribution is 5.85. The molecule has 0 aromatic carbocycles. The molecule has 7 heteroatoms. The zero-order chi connectivity index (χ0) is 16.7. The number of hydrogen-bond donors (Lipinski definition) is 1. The molecule has 2 rings (SSSR count). The van der Waals surface area contributed by atoms with Gasteiger partial charge in [-0.3, -0.25) is 4.68 Å². The van der Waals surface area contributed by atoms with Crippen LogP contribution in [0, 0.1) is 12.3 Å². The van der Waals surface area contributed by atoms with Crippen molar-refractivity contribution in [2.75, 3.05) is 25.2 Å². The molecule has 0 aliphatic carbocycles. The molecule has 0 aliphatic rings. The van der Waals surface area contributed by atoms with Gasteiger partial charge < -0.3 is 14.7 Å². The molecule has 1 N–H and O–H groups in total. The second-order valence-corrected chi connectivity index (χ2v) is 4.81. The van der Waals surface area contributed by atoms with E-state index in [-0.39, 0.29) is 5.69 Å². The number of carboxylic acid groups (broad SMARTS) is 1. The van der Waals surface area contributed by atoms with Gasteiger partial charge in [0, 0.05) is 19.9 Å². The maximum absolute atomic E-state index is 11.1. The maximum atomic E-state index is 11.1. The molecule has 0 atom stereocenters. The molecule has 0 saturated heterocycles. The molecule has 0 saturated carbocycles. The van der Waals surface area contributed by atoms with Crippen LogP contribution in [-0.2, 0) is 17.8 Å². The van der Waals surface area contributed by atoms with E-state index in [2.05, 4.69) is 16.0 Å². The number of pyridine rings is 1. The molecule has 0 unspecified atom stereocenters. The minimum Gasteiger partial charge on any atom is -0.477 e. The molecule has 2 heterocycles. The second kappa shape index (κ2) is 7.96. The highest BCUT2D eigenvalue weighted by atomic mass is 16.5. The Morgan fingerprint density at radius 3 is 3.00 bits per heavy atom. The maximum Gasteiger partial charge on any atom is 0.354 e. The predicted octanol–water partition coefficient (Wildman–Crippen LogP) is 1.26. The van der Waals surface area contributed by atoms with Crippen molar-refractivity contribution in [1.29, 1.82) is 0 Å². The lowest BCUT2D eigenvalue weighted by molar-refractivity contribution is 0.0690. The third kappa shape index (κ3) is 4.56. The van der Waals surface area contributed by atoms with E-state index >= 15 is 0 Å². The number of aromatic nitrogens is 3. The summed E-state index contributed by atoms with van der Waals surface area (Å²) in [5.74, 6) is 2.03. The predicted molar refractivity (Wildman–Crippen MR) is 85.2 cm³/mol. The number of rotatable bonds is 8. The van der Waals surface area contributed by atoms with Crippen LogP contribution >= 0.6 is 0 Å². The van der Waals surface area contributed by atoms with E-state index in [1.807, 2.05) is 17.2 Å². The summed E-state index contributed by atoms with van der Waals surface area (Å²) < 4.78 is 6.79. The van der Waals surface area contributed by atoms with E-state index < -0.39 is 5.97 Å². The van der Waals surface area contributed by atoms with Gasteiger partial charge in [0.2, 0.25) is 0 Å². The Labute approximate surface area is 134 Å². The minimum absolute atomic E-state index is 0.00257. The van der Waals surface area contributed by atoms with Crippen LogP contribution in [0.15, 0.2) is 30.5 Å². The number of carboxylic acids is 1. The normalized spacial score (nSPS) is 10.3. The fourth-order valence-corrected chi connectivity index (χ4v) is 2.06. The van der Waals surface area contributed by atoms with Crippen LogP contribution in [0.3, 0.4) is 0 Å². The topological polar surface area (TPSA) is 80.5 Å². The van der Waals surface area contributed by atoms with E-state index in [9.17, 15) is 4.79 Å². The molecule has 0 spiro atoms. The smallest absolute Gasteiger partial charge is 0.354 e. The van der Waals surface area contributed by atoms with Gasteiger partial charge in [-0.2, -0.15) is 5.10 Å². The first-order chi connectivity index (χ1) is 11.1. The Kier molecular flexibility index (Phi) is 5.72. The fourth-order valence-electron chi connectivity index (χ4n) is 2.06. The lowest BCUT2D eigenvalue weighted by atomic mass is 10.3. The number of terminal acetylenes is 1. The van der Waals surface area contributed by atoms with E-state index in [4.69, 9.17) is 16.3 Å². The van der Waals surface area contributed by atoms with Crippen LogP contribution in [0.4, 0.5) is 5.82 Å². The summed E-state index contributed by atoms with van der Waals surface area (Å²) >= 11 is 0. The first-order valence-corrected chi connectivity index (χ1v) is 7.04. The third-order valence-electron chi connectivity index (χ3n) is 3.14. The Morgan fingerprint density at radius 2 is 2.30 bits per heavy atom. The Morgan fingerprint density at radius 1 is 1.48 bits per heavy atom. The Balaban J connectivity index is 2.20. The van der Waals surface area contributed by atoms with Gasteiger partial charge in [0.25, 0.3) is 0 Å². The van der Waals surface area contributed by atoms with Crippen LogP contribution < -0.4 is 4.90 Å². The highest BCUT2D eigenvalue weighted by Gasteiger charge is 2.13. The summed E-state index contributed by atoms with van der Waals surface area (Å²) in [6.07, 6.45) is 7.08. The number of hydrogen-bond acceptors (Lipinski definition) is 5. The molecule has 0 amide bonds. The van der Waals surface area contributed by atoms with Crippen LogP contribution in [0.25, 0.3) is 0 Å². The van der Waals surface area contributed by atoms with E-state index in [0.29, 0.717) is 32.1 Å². The van der Waals surface area contributed by atoms with Gasteiger partial charge >= 0.3 is 5.97 Å². The number of carbonyl (C=O) groups is 1. The molecule has 0 bridgehead atoms. The van der Waals surface area contributed by atoms with Crippen LogP contribution in [-0.4, -0.2) is 46.1 Å². The van der Waals surface area contributed by atoms with Crippen molar-refractivity contribution in [1.82, 2.24) is 14.8 Å². The summed E-state index contributed by atoms with van der Waals surface area (Å²) in [7, 11) is 1.61. The summed E-state index contributed by atoms with van der Waals surface area (Å²) in [6.45, 7) is 1.94. The molecule has 2 aromatic heterocycles. The molecule has 7 nitrogen and oxygen atoms in total. The SMILES string of the molecule is C#CCn1ccc(CN(CCOC)c2cccc(C(=O)O)n2)n1. The Hall–Kier alpha value is -2.85. The largest absolute Gasteiger partial charge is 0.477 e. The van der Waals surface area contributed by atoms with Crippen molar-refractivity contribution in [2.45, 2.75) is 13.1 Å². The average Bonchev–Trinajstić information content (AvgIpc) is 2.99. The molecular weight excluding hydrogens is 296 g/mol. The quantitative estimate of drug-likeness (QED) is 0.739. The van der Waals surface area contributed by atoms with Crippen LogP contribution in [0.2, 0.25) is 0 Å². The monoisotopic (exact) mass is 314 g/mol. The number of ether oxygens (including phenoxy) is 1. The molecular formula is C16H18N4O3. The van der Waals surface area contributed by atoms with Crippen molar-refractivity contribution in [3.05, 3.63) is 41.9 Å². The van der Waals surface area contributed by atoms with E-state index in [1.54, 1.807) is 23.9 Å². The summed E-state index contributed by atoms with van der Waals surface area (Å²) in [5.41, 5.74) is 0.821. The first-order valence-electron chi connectivity index (χ1n) is 7.04. The third-order valence-corrected chi connectivity index (χ3v) is 3.14. The van der Waals surface area contributed by atoms with Crippen LogP contribution in [0.5, 0.6) is 0 Å². The second-order valence-electron chi connectivity index (χ2n) is 4.81. The molecule has 0 fully saturated rings. The molecule has 120 valence electrons. The van der Waals surface area contributed by atoms with Gasteiger partial charge in [0.05, 0.1) is 18.8 Å². The van der Waals surface area contributed by atoms with Crippen LogP contribution in [0.1, 0.15) is 16.2 Å². The van der Waals surface area contributed by atoms with Gasteiger partial charge in [-0.15, -0.1) is 6.42 Å². The van der Waals surface area contributed by atoms with Gasteiger partial charge in [-0.05, 0) is 18.2 Å². The summed E-state index contributed by atoms with van der Waals surface area (Å²) in [5, 5.41) is 13.5. The molecule has 2 aromatic rings. The number of nitrogens with zero attached hydrogens (tertiary/aromatic N) is 4. The van der Waals surface area contributed by atoms with Crippen molar-refractivity contribution in [3.63, 3.8) is 0 Å². The molecule has 0 aliphatic heterocycles. The van der Waals surface area contributed by atoms with E-state index in [1.165, 1.54) is 6.07 Å². The lowest BCUT2D eigenvalue weighted by Crippen LogP contribution is -2.28. The van der Waals surface area contributed by atoms with Gasteiger partial charge in [-0.25, -0.2) is 9.78 Å².